The molecule has 1 heterocycles. The summed E-state index contributed by atoms with van der Waals surface area (Å²) in [5, 5.41) is 13.3. The normalized spacial score (nSPS) is 17.4. The summed E-state index contributed by atoms with van der Waals surface area (Å²) >= 11 is 0. The smallest absolute Gasteiger partial charge is 0.547 e. The van der Waals surface area contributed by atoms with Crippen molar-refractivity contribution in [2.45, 2.75) is 12.6 Å². The van der Waals surface area contributed by atoms with Crippen LogP contribution in [0.25, 0.3) is 0 Å². The minimum atomic E-state index is -1.65. The zero-order valence-electron chi connectivity index (χ0n) is 11.6. The van der Waals surface area contributed by atoms with Crippen molar-refractivity contribution in [3.8, 4) is 0 Å². The molecule has 2 amide bonds. The maximum Gasteiger partial charge on any atom is 1.00 e. The van der Waals surface area contributed by atoms with Crippen LogP contribution in [-0.4, -0.2) is 42.0 Å². The van der Waals surface area contributed by atoms with Gasteiger partial charge >= 0.3 is 35.7 Å². The molecule has 21 heavy (non-hydrogen) atoms. The number of hydrogen-bond acceptors (Lipinski definition) is 5. The third-order valence-electron chi connectivity index (χ3n) is 2.87. The van der Waals surface area contributed by atoms with Gasteiger partial charge in [-0.1, -0.05) is 30.3 Å². The van der Waals surface area contributed by atoms with Crippen molar-refractivity contribution in [2.75, 3.05) is 13.1 Å². The average molecular weight is 300 g/mol. The van der Waals surface area contributed by atoms with E-state index in [4.69, 9.17) is 4.74 Å². The molecule has 1 N–H and O–H groups in total. The van der Waals surface area contributed by atoms with Crippen molar-refractivity contribution in [2.24, 2.45) is 0 Å². The van der Waals surface area contributed by atoms with E-state index in [1.165, 1.54) is 0 Å². The number of piperazine rings is 1. The van der Waals surface area contributed by atoms with E-state index < -0.39 is 24.0 Å². The number of nitrogens with zero attached hydrogens (tertiary/aromatic N) is 1. The summed E-state index contributed by atoms with van der Waals surface area (Å²) in [5.74, 6) is -2.40. The van der Waals surface area contributed by atoms with Gasteiger partial charge in [0, 0.05) is 13.1 Å². The largest absolute Gasteiger partial charge is 1.00 e. The summed E-state index contributed by atoms with van der Waals surface area (Å²) in [5.41, 5.74) is 0.771. The van der Waals surface area contributed by atoms with Gasteiger partial charge in [-0.3, -0.25) is 9.69 Å². The molecule has 0 bridgehead atoms. The molecular formula is C13H13N2NaO5. The Morgan fingerprint density at radius 3 is 2.62 bits per heavy atom. The van der Waals surface area contributed by atoms with Gasteiger partial charge in [0.25, 0.3) is 0 Å². The minimum absolute atomic E-state index is 0. The van der Waals surface area contributed by atoms with E-state index in [1.807, 2.05) is 6.07 Å². The standard InChI is InChI=1S/C13H14N2O5.Na/c16-11-10(12(17)18)15(7-6-14-11)13(19)20-8-9-4-2-1-3-5-9;/h1-5,10H,6-8H2,(H,14,16)(H,17,18);/q;+1/p-1. The fourth-order valence-corrected chi connectivity index (χ4v) is 1.90. The third-order valence-corrected chi connectivity index (χ3v) is 2.87. The molecule has 0 radical (unpaired) electrons. The van der Waals surface area contributed by atoms with Gasteiger partial charge in [-0.15, -0.1) is 0 Å². The number of hydrogen-bond donors (Lipinski definition) is 1. The number of benzene rings is 1. The molecule has 0 aromatic heterocycles. The molecule has 0 aliphatic carbocycles. The van der Waals surface area contributed by atoms with E-state index in [0.29, 0.717) is 0 Å². The van der Waals surface area contributed by atoms with Crippen LogP contribution in [-0.2, 0) is 20.9 Å². The molecule has 1 aliphatic rings. The molecule has 1 atom stereocenters. The van der Waals surface area contributed by atoms with Crippen molar-refractivity contribution in [3.05, 3.63) is 35.9 Å². The molecule has 7 nitrogen and oxygen atoms in total. The zero-order valence-corrected chi connectivity index (χ0v) is 13.6. The molecule has 8 heteroatoms. The molecule has 1 aromatic rings. The van der Waals surface area contributed by atoms with Gasteiger partial charge in [0.15, 0.2) is 6.04 Å². The van der Waals surface area contributed by atoms with Crippen molar-refractivity contribution in [1.82, 2.24) is 10.2 Å². The fraction of sp³-hybridized carbons (Fsp3) is 0.308. The Labute approximate surface area is 143 Å². The number of ether oxygens (including phenoxy) is 1. The summed E-state index contributed by atoms with van der Waals surface area (Å²) in [4.78, 5) is 35.1. The van der Waals surface area contributed by atoms with Crippen LogP contribution in [0.5, 0.6) is 0 Å². The SMILES string of the molecule is O=C([O-])C1C(=O)NCCN1C(=O)OCc1ccccc1.[Na+]. The predicted octanol–water partition coefficient (Wildman–Crippen LogP) is -4.12. The Hall–Kier alpha value is -1.57. The van der Waals surface area contributed by atoms with Crippen LogP contribution in [0.1, 0.15) is 5.56 Å². The number of aliphatic carboxylic acids is 1. The van der Waals surface area contributed by atoms with E-state index in [0.717, 1.165) is 10.5 Å². The molecule has 0 saturated carbocycles. The predicted molar refractivity (Wildman–Crippen MR) is 65.1 cm³/mol. The first kappa shape index (κ1) is 17.5. The number of amides is 2. The number of carbonyl (C=O) groups excluding carboxylic acids is 3. The Kier molecular flexibility index (Phi) is 6.67. The molecule has 106 valence electrons. The van der Waals surface area contributed by atoms with Crippen LogP contribution in [0.4, 0.5) is 4.79 Å². The average Bonchev–Trinajstić information content (AvgIpc) is 2.45. The van der Waals surface area contributed by atoms with Crippen molar-refractivity contribution in [3.63, 3.8) is 0 Å². The Balaban J connectivity index is 0.00000220. The van der Waals surface area contributed by atoms with Gasteiger partial charge < -0.3 is 20.0 Å². The van der Waals surface area contributed by atoms with Gasteiger partial charge in [-0.2, -0.15) is 0 Å². The van der Waals surface area contributed by atoms with E-state index in [2.05, 4.69) is 5.32 Å². The number of carboxylic acids is 1. The number of carboxylic acid groups (broad SMARTS) is 1. The van der Waals surface area contributed by atoms with Crippen LogP contribution >= 0.6 is 0 Å². The fourth-order valence-electron chi connectivity index (χ4n) is 1.90. The molecular weight excluding hydrogens is 287 g/mol. The van der Waals surface area contributed by atoms with E-state index in [9.17, 15) is 19.5 Å². The zero-order chi connectivity index (χ0) is 14.5. The number of carbonyl (C=O) groups is 3. The molecule has 1 fully saturated rings. The second kappa shape index (κ2) is 8.02. The van der Waals surface area contributed by atoms with Crippen molar-refractivity contribution >= 4 is 18.0 Å². The van der Waals surface area contributed by atoms with Crippen molar-refractivity contribution < 1.29 is 53.8 Å². The summed E-state index contributed by atoms with van der Waals surface area (Å²) in [7, 11) is 0. The van der Waals surface area contributed by atoms with Crippen LogP contribution in [0, 0.1) is 0 Å². The third kappa shape index (κ3) is 4.45. The maximum atomic E-state index is 11.9. The molecule has 1 saturated heterocycles. The maximum absolute atomic E-state index is 11.9. The van der Waals surface area contributed by atoms with Gasteiger partial charge in [0.05, 0.1) is 5.97 Å². The van der Waals surface area contributed by atoms with Crippen LogP contribution in [0.3, 0.4) is 0 Å². The van der Waals surface area contributed by atoms with Crippen LogP contribution in [0.15, 0.2) is 30.3 Å². The Morgan fingerprint density at radius 1 is 1.33 bits per heavy atom. The first-order valence-corrected chi connectivity index (χ1v) is 6.05. The first-order chi connectivity index (χ1) is 9.59. The quantitative estimate of drug-likeness (QED) is 0.452. The van der Waals surface area contributed by atoms with Gasteiger partial charge in [-0.25, -0.2) is 4.79 Å². The topological polar surface area (TPSA) is 98.8 Å². The van der Waals surface area contributed by atoms with Gasteiger partial charge in [0.2, 0.25) is 5.91 Å². The van der Waals surface area contributed by atoms with Gasteiger partial charge in [0.1, 0.15) is 6.61 Å². The molecule has 2 rings (SSSR count). The van der Waals surface area contributed by atoms with E-state index in [-0.39, 0.29) is 49.3 Å². The van der Waals surface area contributed by atoms with E-state index >= 15 is 0 Å². The second-order valence-corrected chi connectivity index (χ2v) is 4.25. The summed E-state index contributed by atoms with van der Waals surface area (Å²) in [6.45, 7) is 0.263. The van der Waals surface area contributed by atoms with E-state index in [1.54, 1.807) is 24.3 Å². The molecule has 1 unspecified atom stereocenters. The molecule has 1 aliphatic heterocycles. The molecule has 1 aromatic carbocycles. The summed E-state index contributed by atoms with van der Waals surface area (Å²) < 4.78 is 5.01. The summed E-state index contributed by atoms with van der Waals surface area (Å²) in [6.07, 6.45) is -0.849. The second-order valence-electron chi connectivity index (χ2n) is 4.25. The van der Waals surface area contributed by atoms with Crippen molar-refractivity contribution in [1.29, 1.82) is 0 Å². The van der Waals surface area contributed by atoms with Crippen LogP contribution < -0.4 is 40.0 Å². The minimum Gasteiger partial charge on any atom is -0.547 e. The number of nitrogens with one attached hydrogen (secondary N) is 1. The first-order valence-electron chi connectivity index (χ1n) is 6.05. The number of rotatable bonds is 3. The molecule has 0 spiro atoms. The van der Waals surface area contributed by atoms with Gasteiger partial charge in [-0.05, 0) is 5.56 Å². The summed E-state index contributed by atoms with van der Waals surface area (Å²) in [6, 6.07) is 7.31. The van der Waals surface area contributed by atoms with Crippen LogP contribution in [0.2, 0.25) is 0 Å². The Bertz CT molecular complexity index is 523. The monoisotopic (exact) mass is 300 g/mol. The Morgan fingerprint density at radius 2 is 2.00 bits per heavy atom.